The van der Waals surface area contributed by atoms with Crippen LogP contribution in [0.4, 0.5) is 5.13 Å². The lowest BCUT2D eigenvalue weighted by molar-refractivity contribution is 0.102. The van der Waals surface area contributed by atoms with Crippen molar-refractivity contribution >= 4 is 22.4 Å². The Morgan fingerprint density at radius 3 is 2.33 bits per heavy atom. The van der Waals surface area contributed by atoms with Crippen LogP contribution >= 0.6 is 11.3 Å². The Balaban J connectivity index is 1.51. The second-order valence-electron chi connectivity index (χ2n) is 7.21. The number of benzene rings is 3. The first-order valence-electron chi connectivity index (χ1n) is 9.67. The first kappa shape index (κ1) is 19.9. The summed E-state index contributed by atoms with van der Waals surface area (Å²) < 4.78 is 5.82. The van der Waals surface area contributed by atoms with Gasteiger partial charge in [0.05, 0.1) is 5.69 Å². The summed E-state index contributed by atoms with van der Waals surface area (Å²) in [4.78, 5) is 17.4. The minimum absolute atomic E-state index is 0.216. The molecule has 0 aliphatic heterocycles. The number of nitrogens with one attached hydrogen (secondary N) is 1. The molecule has 0 saturated carbocycles. The Morgan fingerprint density at radius 1 is 0.900 bits per heavy atom. The Labute approximate surface area is 180 Å². The zero-order valence-corrected chi connectivity index (χ0v) is 17.9. The van der Waals surface area contributed by atoms with Crippen molar-refractivity contribution in [2.24, 2.45) is 0 Å². The van der Waals surface area contributed by atoms with E-state index < -0.39 is 0 Å². The highest BCUT2D eigenvalue weighted by Gasteiger charge is 2.14. The molecule has 1 heterocycles. The van der Waals surface area contributed by atoms with Gasteiger partial charge in [0, 0.05) is 16.5 Å². The van der Waals surface area contributed by atoms with Gasteiger partial charge in [-0.1, -0.05) is 42.0 Å². The quantitative estimate of drug-likeness (QED) is 0.392. The maximum atomic E-state index is 12.7. The van der Waals surface area contributed by atoms with Gasteiger partial charge >= 0.3 is 0 Å². The van der Waals surface area contributed by atoms with Crippen LogP contribution < -0.4 is 10.1 Å². The number of hydrogen-bond donors (Lipinski definition) is 1. The zero-order valence-electron chi connectivity index (χ0n) is 17.1. The van der Waals surface area contributed by atoms with Crippen molar-refractivity contribution in [3.63, 3.8) is 0 Å². The number of carbonyl (C=O) groups is 1. The molecule has 3 aromatic carbocycles. The number of thiazole rings is 1. The molecule has 0 aliphatic carbocycles. The van der Waals surface area contributed by atoms with Gasteiger partial charge in [0.15, 0.2) is 5.13 Å². The SMILES string of the molecule is Cc1cc(C)c(-c2csc(NC(=O)c3cccc(Oc4ccccc4)c3)n2)c(C)c1. The summed E-state index contributed by atoms with van der Waals surface area (Å²) in [5, 5.41) is 5.46. The second kappa shape index (κ2) is 8.51. The summed E-state index contributed by atoms with van der Waals surface area (Å²) >= 11 is 1.42. The Hall–Kier alpha value is -3.44. The Bertz CT molecular complexity index is 1180. The molecule has 0 unspecified atom stereocenters. The third kappa shape index (κ3) is 4.42. The smallest absolute Gasteiger partial charge is 0.257 e. The molecule has 1 N–H and O–H groups in total. The number of amides is 1. The molecule has 4 nitrogen and oxygen atoms in total. The number of rotatable bonds is 5. The van der Waals surface area contributed by atoms with Crippen LogP contribution in [0.2, 0.25) is 0 Å². The first-order chi connectivity index (χ1) is 14.5. The van der Waals surface area contributed by atoms with Crippen molar-refractivity contribution in [1.82, 2.24) is 4.98 Å². The number of hydrogen-bond acceptors (Lipinski definition) is 4. The number of nitrogens with zero attached hydrogens (tertiary/aromatic N) is 1. The largest absolute Gasteiger partial charge is 0.457 e. The van der Waals surface area contributed by atoms with E-state index in [2.05, 4.69) is 43.2 Å². The molecule has 0 atom stereocenters. The fraction of sp³-hybridized carbons (Fsp3) is 0.120. The third-order valence-corrected chi connectivity index (χ3v) is 5.49. The van der Waals surface area contributed by atoms with Crippen LogP contribution in [-0.4, -0.2) is 10.9 Å². The molecule has 0 spiro atoms. The van der Waals surface area contributed by atoms with Crippen LogP contribution in [0.25, 0.3) is 11.3 Å². The van der Waals surface area contributed by atoms with Crippen molar-refractivity contribution in [1.29, 1.82) is 0 Å². The van der Waals surface area contributed by atoms with E-state index in [-0.39, 0.29) is 5.91 Å². The van der Waals surface area contributed by atoms with E-state index in [1.807, 2.05) is 41.8 Å². The van der Waals surface area contributed by atoms with Crippen LogP contribution in [0.5, 0.6) is 11.5 Å². The molecular weight excluding hydrogens is 392 g/mol. The molecular formula is C25H22N2O2S. The van der Waals surface area contributed by atoms with Gasteiger partial charge in [-0.25, -0.2) is 4.98 Å². The summed E-state index contributed by atoms with van der Waals surface area (Å²) in [7, 11) is 0. The van der Waals surface area contributed by atoms with E-state index in [1.54, 1.807) is 18.2 Å². The average molecular weight is 415 g/mol. The second-order valence-corrected chi connectivity index (χ2v) is 8.07. The molecule has 1 aromatic heterocycles. The normalized spacial score (nSPS) is 10.6. The highest BCUT2D eigenvalue weighted by atomic mass is 32.1. The number of aryl methyl sites for hydroxylation is 3. The van der Waals surface area contributed by atoms with E-state index in [1.165, 1.54) is 28.0 Å². The zero-order chi connectivity index (χ0) is 21.1. The minimum atomic E-state index is -0.216. The van der Waals surface area contributed by atoms with Crippen LogP contribution in [0.3, 0.4) is 0 Å². The number of anilines is 1. The molecule has 4 aromatic rings. The summed E-state index contributed by atoms with van der Waals surface area (Å²) in [5.41, 5.74) is 6.11. The monoisotopic (exact) mass is 414 g/mol. The van der Waals surface area contributed by atoms with Crippen LogP contribution in [0.15, 0.2) is 72.1 Å². The fourth-order valence-corrected chi connectivity index (χ4v) is 4.22. The number of para-hydroxylation sites is 1. The minimum Gasteiger partial charge on any atom is -0.457 e. The third-order valence-electron chi connectivity index (χ3n) is 4.73. The molecule has 0 saturated heterocycles. The molecule has 150 valence electrons. The van der Waals surface area contributed by atoms with E-state index >= 15 is 0 Å². The van der Waals surface area contributed by atoms with E-state index in [0.717, 1.165) is 17.0 Å². The highest BCUT2D eigenvalue weighted by Crippen LogP contribution is 2.31. The molecule has 4 rings (SSSR count). The van der Waals surface area contributed by atoms with Gasteiger partial charge in [-0.3, -0.25) is 10.1 Å². The number of aromatic nitrogens is 1. The molecule has 0 fully saturated rings. The van der Waals surface area contributed by atoms with Crippen molar-refractivity contribution in [2.75, 3.05) is 5.32 Å². The summed E-state index contributed by atoms with van der Waals surface area (Å²) in [6.45, 7) is 6.27. The Kier molecular flexibility index (Phi) is 5.63. The molecule has 0 radical (unpaired) electrons. The van der Waals surface area contributed by atoms with Crippen molar-refractivity contribution < 1.29 is 9.53 Å². The van der Waals surface area contributed by atoms with Crippen LogP contribution in [-0.2, 0) is 0 Å². The number of carbonyl (C=O) groups excluding carboxylic acids is 1. The summed E-state index contributed by atoms with van der Waals surface area (Å²) in [6.07, 6.45) is 0. The van der Waals surface area contributed by atoms with E-state index in [0.29, 0.717) is 16.4 Å². The maximum absolute atomic E-state index is 12.7. The van der Waals surface area contributed by atoms with Gasteiger partial charge in [-0.2, -0.15) is 0 Å². The van der Waals surface area contributed by atoms with Crippen molar-refractivity contribution in [2.45, 2.75) is 20.8 Å². The standard InChI is InChI=1S/C25H22N2O2S/c1-16-12-17(2)23(18(3)13-16)22-15-30-25(26-22)27-24(28)19-8-7-11-21(14-19)29-20-9-5-4-6-10-20/h4-15H,1-3H3,(H,26,27,28). The Morgan fingerprint density at radius 2 is 1.60 bits per heavy atom. The summed E-state index contributed by atoms with van der Waals surface area (Å²) in [5.74, 6) is 1.12. The van der Waals surface area contributed by atoms with Crippen molar-refractivity contribution in [3.8, 4) is 22.8 Å². The summed E-state index contributed by atoms with van der Waals surface area (Å²) in [6, 6.07) is 20.9. The van der Waals surface area contributed by atoms with Gasteiger partial charge in [0.25, 0.3) is 5.91 Å². The van der Waals surface area contributed by atoms with E-state index in [4.69, 9.17) is 4.74 Å². The highest BCUT2D eigenvalue weighted by molar-refractivity contribution is 7.14. The van der Waals surface area contributed by atoms with Gasteiger partial charge in [-0.05, 0) is 62.2 Å². The van der Waals surface area contributed by atoms with Crippen LogP contribution in [0.1, 0.15) is 27.0 Å². The lowest BCUT2D eigenvalue weighted by Gasteiger charge is -2.09. The molecule has 5 heteroatoms. The van der Waals surface area contributed by atoms with Crippen LogP contribution in [0, 0.1) is 20.8 Å². The molecule has 30 heavy (non-hydrogen) atoms. The maximum Gasteiger partial charge on any atom is 0.257 e. The van der Waals surface area contributed by atoms with Gasteiger partial charge in [0.1, 0.15) is 11.5 Å². The molecule has 0 bridgehead atoms. The molecule has 0 aliphatic rings. The molecule has 1 amide bonds. The van der Waals surface area contributed by atoms with Gasteiger partial charge in [-0.15, -0.1) is 11.3 Å². The average Bonchev–Trinajstić information content (AvgIpc) is 3.16. The first-order valence-corrected chi connectivity index (χ1v) is 10.6. The fourth-order valence-electron chi connectivity index (χ4n) is 3.52. The van der Waals surface area contributed by atoms with Gasteiger partial charge < -0.3 is 4.74 Å². The predicted octanol–water partition coefficient (Wildman–Crippen LogP) is 6.78. The predicted molar refractivity (Wildman–Crippen MR) is 123 cm³/mol. The van der Waals surface area contributed by atoms with Gasteiger partial charge in [0.2, 0.25) is 0 Å². The van der Waals surface area contributed by atoms with E-state index in [9.17, 15) is 4.79 Å². The lowest BCUT2D eigenvalue weighted by atomic mass is 9.98. The topological polar surface area (TPSA) is 51.2 Å². The number of ether oxygens (including phenoxy) is 1. The van der Waals surface area contributed by atoms with Crippen molar-refractivity contribution in [3.05, 3.63) is 94.4 Å². The lowest BCUT2D eigenvalue weighted by Crippen LogP contribution is -2.11.